The third-order valence-corrected chi connectivity index (χ3v) is 8.18. The van der Waals surface area contributed by atoms with Crippen molar-refractivity contribution < 1.29 is 9.13 Å². The van der Waals surface area contributed by atoms with Gasteiger partial charge in [0.2, 0.25) is 28.5 Å². The maximum absolute atomic E-state index is 2.42. The van der Waals surface area contributed by atoms with Crippen LogP contribution in [0.4, 0.5) is 0 Å². The zero-order valence-corrected chi connectivity index (χ0v) is 25.1. The van der Waals surface area contributed by atoms with Crippen LogP contribution in [0.3, 0.4) is 0 Å². The summed E-state index contributed by atoms with van der Waals surface area (Å²) in [7, 11) is 0. The largest absolute Gasteiger partial charge is 0.226 e. The highest BCUT2D eigenvalue weighted by atomic mass is 15.0. The Labute approximate surface area is 259 Å². The minimum Gasteiger partial charge on any atom is -0.160 e. The van der Waals surface area contributed by atoms with Crippen LogP contribution in [0.5, 0.6) is 0 Å². The van der Waals surface area contributed by atoms with E-state index in [0.29, 0.717) is 0 Å². The Morgan fingerprint density at radius 1 is 0.386 bits per heavy atom. The maximum Gasteiger partial charge on any atom is 0.226 e. The predicted molar refractivity (Wildman–Crippen MR) is 181 cm³/mol. The second kappa shape index (κ2) is 11.9. The van der Waals surface area contributed by atoms with Gasteiger partial charge in [0, 0.05) is 64.7 Å². The number of pyridine rings is 2. The molecule has 7 rings (SSSR count). The second-order valence-electron chi connectivity index (χ2n) is 11.3. The average Bonchev–Trinajstić information content (AvgIpc) is 3.09. The SMILES string of the molecule is Cc1ccc(-[n+]2ccc(-c3ccc(-c4ccccc4)[n+](-c4ccc(C)cc4)c3-c3ccccc3)cc2-c2ccccc2)cc1. The summed E-state index contributed by atoms with van der Waals surface area (Å²) in [6, 6.07) is 58.8. The Morgan fingerprint density at radius 3 is 1.45 bits per heavy atom. The van der Waals surface area contributed by atoms with Crippen LogP contribution in [0, 0.1) is 13.8 Å². The van der Waals surface area contributed by atoms with E-state index in [1.807, 2.05) is 0 Å². The number of hydrogen-bond donors (Lipinski definition) is 0. The lowest BCUT2D eigenvalue weighted by Crippen LogP contribution is -2.37. The van der Waals surface area contributed by atoms with Gasteiger partial charge in [0.25, 0.3) is 0 Å². The molecule has 210 valence electrons. The summed E-state index contributed by atoms with van der Waals surface area (Å²) in [5, 5.41) is 0. The van der Waals surface area contributed by atoms with E-state index in [0.717, 1.165) is 39.6 Å². The summed E-state index contributed by atoms with van der Waals surface area (Å²) in [6.45, 7) is 4.27. The Morgan fingerprint density at radius 2 is 0.886 bits per heavy atom. The summed E-state index contributed by atoms with van der Waals surface area (Å²) in [5.41, 5.74) is 14.0. The molecule has 44 heavy (non-hydrogen) atoms. The van der Waals surface area contributed by atoms with Gasteiger partial charge in [0.05, 0.1) is 5.56 Å². The van der Waals surface area contributed by atoms with Gasteiger partial charge in [-0.3, -0.25) is 0 Å². The van der Waals surface area contributed by atoms with Crippen molar-refractivity contribution in [2.75, 3.05) is 0 Å². The highest BCUT2D eigenvalue weighted by Gasteiger charge is 2.28. The van der Waals surface area contributed by atoms with Crippen molar-refractivity contribution in [3.63, 3.8) is 0 Å². The smallest absolute Gasteiger partial charge is 0.160 e. The Hall–Kier alpha value is -5.60. The molecule has 0 amide bonds. The van der Waals surface area contributed by atoms with Crippen LogP contribution in [-0.4, -0.2) is 0 Å². The summed E-state index contributed by atoms with van der Waals surface area (Å²) in [6.07, 6.45) is 2.21. The van der Waals surface area contributed by atoms with Gasteiger partial charge in [-0.2, -0.15) is 9.13 Å². The molecule has 0 saturated carbocycles. The lowest BCUT2D eigenvalue weighted by molar-refractivity contribution is -0.583. The van der Waals surface area contributed by atoms with E-state index in [9.17, 15) is 0 Å². The fourth-order valence-corrected chi connectivity index (χ4v) is 5.90. The van der Waals surface area contributed by atoms with Crippen LogP contribution >= 0.6 is 0 Å². The summed E-state index contributed by atoms with van der Waals surface area (Å²) in [4.78, 5) is 0. The second-order valence-corrected chi connectivity index (χ2v) is 11.3. The predicted octanol–water partition coefficient (Wildman–Crippen LogP) is 9.52. The third-order valence-electron chi connectivity index (χ3n) is 8.18. The van der Waals surface area contributed by atoms with Crippen LogP contribution in [0.2, 0.25) is 0 Å². The highest BCUT2D eigenvalue weighted by Crippen LogP contribution is 2.34. The fraction of sp³-hybridized carbons (Fsp3) is 0.0476. The number of rotatable bonds is 6. The number of hydrogen-bond acceptors (Lipinski definition) is 0. The Balaban J connectivity index is 1.53. The van der Waals surface area contributed by atoms with Crippen molar-refractivity contribution in [1.82, 2.24) is 0 Å². The molecule has 0 N–H and O–H groups in total. The molecule has 0 bridgehead atoms. The van der Waals surface area contributed by atoms with Gasteiger partial charge in [0.15, 0.2) is 6.20 Å². The quantitative estimate of drug-likeness (QED) is 0.177. The van der Waals surface area contributed by atoms with Crippen molar-refractivity contribution in [2.45, 2.75) is 13.8 Å². The lowest BCUT2D eigenvalue weighted by atomic mass is 9.95. The van der Waals surface area contributed by atoms with E-state index in [-0.39, 0.29) is 0 Å². The fourth-order valence-electron chi connectivity index (χ4n) is 5.90. The maximum atomic E-state index is 2.42. The number of aromatic nitrogens is 2. The molecule has 2 nitrogen and oxygen atoms in total. The van der Waals surface area contributed by atoms with Gasteiger partial charge in [-0.15, -0.1) is 0 Å². The first-order valence-electron chi connectivity index (χ1n) is 15.1. The highest BCUT2D eigenvalue weighted by molar-refractivity contribution is 5.82. The van der Waals surface area contributed by atoms with Gasteiger partial charge in [-0.25, -0.2) is 0 Å². The van der Waals surface area contributed by atoms with Gasteiger partial charge in [0.1, 0.15) is 0 Å². The number of aryl methyl sites for hydroxylation is 2. The van der Waals surface area contributed by atoms with E-state index >= 15 is 0 Å². The molecule has 0 spiro atoms. The zero-order valence-electron chi connectivity index (χ0n) is 25.1. The molecular weight excluding hydrogens is 532 g/mol. The van der Waals surface area contributed by atoms with Crippen molar-refractivity contribution in [2.24, 2.45) is 0 Å². The minimum absolute atomic E-state index is 1.13. The molecule has 5 aromatic carbocycles. The van der Waals surface area contributed by atoms with Crippen LogP contribution in [0.15, 0.2) is 170 Å². The van der Waals surface area contributed by atoms with Crippen LogP contribution in [0.1, 0.15) is 11.1 Å². The Bertz CT molecular complexity index is 2030. The molecule has 0 aliphatic rings. The van der Waals surface area contributed by atoms with E-state index in [2.05, 4.69) is 193 Å². The normalized spacial score (nSPS) is 11.0. The standard InChI is InChI=1S/C42H34N2/c1-31-18-22-37(23-19-31)43-29-28-36(30-41(43)34-14-8-4-9-15-34)39-26-27-40(33-12-6-3-7-13-33)44(38-24-20-32(2)21-25-38)42(39)35-16-10-5-11-17-35/h3-30H,1-2H3/q+2. The molecule has 0 aliphatic carbocycles. The molecule has 7 aromatic rings. The molecule has 2 heteroatoms. The summed E-state index contributed by atoms with van der Waals surface area (Å²) >= 11 is 0. The summed E-state index contributed by atoms with van der Waals surface area (Å²) < 4.78 is 4.70. The topological polar surface area (TPSA) is 7.76 Å². The van der Waals surface area contributed by atoms with Crippen LogP contribution in [-0.2, 0) is 0 Å². The third kappa shape index (κ3) is 5.34. The first-order chi connectivity index (χ1) is 21.7. The molecule has 0 aliphatic heterocycles. The van der Waals surface area contributed by atoms with E-state index in [1.54, 1.807) is 0 Å². The molecular formula is C42H34N2+2. The molecule has 0 radical (unpaired) electrons. The molecule has 2 heterocycles. The molecule has 0 fully saturated rings. The minimum atomic E-state index is 1.13. The number of benzene rings is 5. The summed E-state index contributed by atoms with van der Waals surface area (Å²) in [5.74, 6) is 0. The van der Waals surface area contributed by atoms with Crippen LogP contribution < -0.4 is 9.13 Å². The van der Waals surface area contributed by atoms with Gasteiger partial charge >= 0.3 is 0 Å². The molecule has 0 unspecified atom stereocenters. The monoisotopic (exact) mass is 566 g/mol. The first kappa shape index (κ1) is 27.2. The van der Waals surface area contributed by atoms with Crippen LogP contribution in [0.25, 0.3) is 56.3 Å². The average molecular weight is 567 g/mol. The van der Waals surface area contributed by atoms with Crippen molar-refractivity contribution >= 4 is 0 Å². The van der Waals surface area contributed by atoms with Gasteiger partial charge < -0.3 is 0 Å². The van der Waals surface area contributed by atoms with Crippen molar-refractivity contribution in [3.8, 4) is 56.3 Å². The molecule has 0 atom stereocenters. The van der Waals surface area contributed by atoms with E-state index in [4.69, 9.17) is 0 Å². The zero-order chi connectivity index (χ0) is 29.9. The molecule has 0 saturated heterocycles. The van der Waals surface area contributed by atoms with Crippen molar-refractivity contribution in [1.29, 1.82) is 0 Å². The Kier molecular flexibility index (Phi) is 7.40. The lowest BCUT2D eigenvalue weighted by Gasteiger charge is -2.14. The van der Waals surface area contributed by atoms with Crippen molar-refractivity contribution in [3.05, 3.63) is 181 Å². The number of nitrogens with zero attached hydrogens (tertiary/aromatic N) is 2. The first-order valence-corrected chi connectivity index (χ1v) is 15.1. The van der Waals surface area contributed by atoms with Gasteiger partial charge in [-0.1, -0.05) is 90.0 Å². The van der Waals surface area contributed by atoms with E-state index in [1.165, 1.54) is 27.8 Å². The molecule has 2 aromatic heterocycles. The van der Waals surface area contributed by atoms with Gasteiger partial charge in [-0.05, 0) is 56.3 Å². The van der Waals surface area contributed by atoms with E-state index < -0.39 is 0 Å².